The lowest BCUT2D eigenvalue weighted by Crippen LogP contribution is -2.34. The van der Waals surface area contributed by atoms with Gasteiger partial charge in [0, 0.05) is 6.04 Å². The number of carbonyl (C=O) groups is 1. The first kappa shape index (κ1) is 14.8. The Labute approximate surface area is 98.6 Å². The van der Waals surface area contributed by atoms with E-state index in [0.717, 1.165) is 25.7 Å². The minimum atomic E-state index is -0.393. The van der Waals surface area contributed by atoms with Crippen LogP contribution in [0.3, 0.4) is 0 Å². The van der Waals surface area contributed by atoms with Crippen molar-refractivity contribution in [3.05, 3.63) is 24.5 Å². The normalized spacial score (nSPS) is 13.1. The molecule has 0 bridgehead atoms. The summed E-state index contributed by atoms with van der Waals surface area (Å²) < 4.78 is 5.05. The van der Waals surface area contributed by atoms with E-state index in [1.54, 1.807) is 13.0 Å². The van der Waals surface area contributed by atoms with Crippen LogP contribution < -0.4 is 5.32 Å². The van der Waals surface area contributed by atoms with Crippen LogP contribution in [0.1, 0.15) is 46.5 Å². The van der Waals surface area contributed by atoms with Crippen LogP contribution in [0.5, 0.6) is 0 Å². The number of nitrogens with one attached hydrogen (secondary N) is 1. The fraction of sp³-hybridized carbons (Fsp3) is 0.615. The Kier molecular flexibility index (Phi) is 8.31. The second kappa shape index (κ2) is 9.01. The zero-order valence-corrected chi connectivity index (χ0v) is 10.6. The number of unbranched alkanes of at least 4 members (excludes halogenated alkanes) is 1. The summed E-state index contributed by atoms with van der Waals surface area (Å²) in [5.41, 5.74) is 0. The average molecular weight is 225 g/mol. The molecule has 0 aromatic carbocycles. The summed E-state index contributed by atoms with van der Waals surface area (Å²) in [5.74, 6) is 0.489. The third-order valence-electron chi connectivity index (χ3n) is 2.42. The quantitative estimate of drug-likeness (QED) is 0.529. The topological polar surface area (TPSA) is 38.3 Å². The lowest BCUT2D eigenvalue weighted by atomic mass is 10.1. The van der Waals surface area contributed by atoms with Gasteiger partial charge in [-0.1, -0.05) is 33.3 Å². The Balaban J connectivity index is 4.04. The smallest absolute Gasteiger partial charge is 0.411 e. The largest absolute Gasteiger partial charge is 0.412 e. The highest BCUT2D eigenvalue weighted by Gasteiger charge is 2.11. The van der Waals surface area contributed by atoms with Crippen LogP contribution in [0.25, 0.3) is 0 Å². The molecule has 3 nitrogen and oxygen atoms in total. The van der Waals surface area contributed by atoms with Gasteiger partial charge in [0.1, 0.15) is 5.76 Å². The van der Waals surface area contributed by atoms with Crippen LogP contribution in [0.2, 0.25) is 0 Å². The van der Waals surface area contributed by atoms with Crippen molar-refractivity contribution in [3.8, 4) is 0 Å². The highest BCUT2D eigenvalue weighted by molar-refractivity contribution is 5.69. The number of amides is 1. The van der Waals surface area contributed by atoms with E-state index >= 15 is 0 Å². The van der Waals surface area contributed by atoms with Gasteiger partial charge in [-0.15, -0.1) is 0 Å². The van der Waals surface area contributed by atoms with E-state index in [1.165, 1.54) is 6.08 Å². The van der Waals surface area contributed by atoms with E-state index in [-0.39, 0.29) is 6.04 Å². The second-order valence-electron chi connectivity index (χ2n) is 3.68. The summed E-state index contributed by atoms with van der Waals surface area (Å²) in [4.78, 5) is 11.5. The zero-order valence-electron chi connectivity index (χ0n) is 10.6. The first-order valence-electron chi connectivity index (χ1n) is 5.94. The Morgan fingerprint density at radius 2 is 2.19 bits per heavy atom. The number of hydrogen-bond acceptors (Lipinski definition) is 2. The standard InChI is InChI=1S/C13H23NO2/c1-5-9-10-11(6-2)14-13(15)16-12(7-3)8-4/h7-8,11H,3,5-6,9-10H2,1-2,4H3,(H,14,15)/b12-8+. The molecule has 92 valence electrons. The van der Waals surface area contributed by atoms with Gasteiger partial charge in [-0.2, -0.15) is 0 Å². The SMILES string of the molecule is C=C/C(=C\C)OC(=O)NC(CC)CCCC. The van der Waals surface area contributed by atoms with Gasteiger partial charge in [-0.3, -0.25) is 0 Å². The molecule has 0 heterocycles. The van der Waals surface area contributed by atoms with E-state index in [1.807, 2.05) is 0 Å². The first-order chi connectivity index (χ1) is 7.67. The van der Waals surface area contributed by atoms with Crippen LogP contribution >= 0.6 is 0 Å². The molecule has 0 aromatic rings. The van der Waals surface area contributed by atoms with Gasteiger partial charge < -0.3 is 10.1 Å². The summed E-state index contributed by atoms with van der Waals surface area (Å²) in [6.45, 7) is 9.56. The fourth-order valence-corrected chi connectivity index (χ4v) is 1.35. The molecule has 0 aliphatic carbocycles. The molecule has 0 aliphatic rings. The van der Waals surface area contributed by atoms with Crippen molar-refractivity contribution < 1.29 is 9.53 Å². The Hall–Kier alpha value is -1.25. The molecule has 0 aliphatic heterocycles. The molecule has 1 unspecified atom stereocenters. The number of rotatable bonds is 7. The van der Waals surface area contributed by atoms with E-state index in [2.05, 4.69) is 25.7 Å². The number of alkyl carbamates (subject to hydrolysis) is 1. The minimum absolute atomic E-state index is 0.204. The van der Waals surface area contributed by atoms with E-state index in [0.29, 0.717) is 5.76 Å². The van der Waals surface area contributed by atoms with Gasteiger partial charge in [-0.05, 0) is 31.9 Å². The van der Waals surface area contributed by atoms with E-state index in [4.69, 9.17) is 4.74 Å². The lowest BCUT2D eigenvalue weighted by Gasteiger charge is -2.16. The molecule has 1 atom stereocenters. The third-order valence-corrected chi connectivity index (χ3v) is 2.42. The molecule has 0 saturated carbocycles. The van der Waals surface area contributed by atoms with Crippen LogP contribution in [0, 0.1) is 0 Å². The van der Waals surface area contributed by atoms with Crippen molar-refractivity contribution >= 4 is 6.09 Å². The van der Waals surface area contributed by atoms with Crippen molar-refractivity contribution in [2.75, 3.05) is 0 Å². The summed E-state index contributed by atoms with van der Waals surface area (Å²) in [6, 6.07) is 0.204. The van der Waals surface area contributed by atoms with Crippen molar-refractivity contribution in [3.63, 3.8) is 0 Å². The Morgan fingerprint density at radius 3 is 2.62 bits per heavy atom. The molecule has 0 fully saturated rings. The number of carbonyl (C=O) groups excluding carboxylic acids is 1. The summed E-state index contributed by atoms with van der Waals surface area (Å²) in [7, 11) is 0. The van der Waals surface area contributed by atoms with Gasteiger partial charge in [-0.25, -0.2) is 4.79 Å². The van der Waals surface area contributed by atoms with E-state index < -0.39 is 6.09 Å². The third kappa shape index (κ3) is 6.27. The van der Waals surface area contributed by atoms with Gasteiger partial charge in [0.25, 0.3) is 0 Å². The summed E-state index contributed by atoms with van der Waals surface area (Å²) >= 11 is 0. The molecule has 1 N–H and O–H groups in total. The number of hydrogen-bond donors (Lipinski definition) is 1. The molecule has 3 heteroatoms. The molecule has 0 saturated heterocycles. The number of ether oxygens (including phenoxy) is 1. The Bertz CT molecular complexity index is 246. The first-order valence-corrected chi connectivity index (χ1v) is 5.94. The van der Waals surface area contributed by atoms with Crippen molar-refractivity contribution in [1.82, 2.24) is 5.32 Å². The van der Waals surface area contributed by atoms with Crippen LogP contribution in [-0.2, 0) is 4.74 Å². The summed E-state index contributed by atoms with van der Waals surface area (Å²) in [6.07, 6.45) is 7.02. The van der Waals surface area contributed by atoms with Gasteiger partial charge in [0.05, 0.1) is 0 Å². The maximum Gasteiger partial charge on any atom is 0.412 e. The lowest BCUT2D eigenvalue weighted by molar-refractivity contribution is 0.173. The maximum atomic E-state index is 11.5. The van der Waals surface area contributed by atoms with Crippen LogP contribution in [0.15, 0.2) is 24.5 Å². The van der Waals surface area contributed by atoms with Crippen LogP contribution in [-0.4, -0.2) is 12.1 Å². The van der Waals surface area contributed by atoms with Crippen LogP contribution in [0.4, 0.5) is 4.79 Å². The maximum absolute atomic E-state index is 11.5. The highest BCUT2D eigenvalue weighted by Crippen LogP contribution is 2.05. The van der Waals surface area contributed by atoms with Crippen molar-refractivity contribution in [1.29, 1.82) is 0 Å². The molecular formula is C13H23NO2. The van der Waals surface area contributed by atoms with Crippen molar-refractivity contribution in [2.24, 2.45) is 0 Å². The average Bonchev–Trinajstić information content (AvgIpc) is 2.31. The fourth-order valence-electron chi connectivity index (χ4n) is 1.35. The molecule has 0 rings (SSSR count). The van der Waals surface area contributed by atoms with Gasteiger partial charge in [0.15, 0.2) is 0 Å². The molecule has 16 heavy (non-hydrogen) atoms. The minimum Gasteiger partial charge on any atom is -0.411 e. The van der Waals surface area contributed by atoms with Gasteiger partial charge in [0.2, 0.25) is 0 Å². The molecule has 0 spiro atoms. The van der Waals surface area contributed by atoms with Gasteiger partial charge >= 0.3 is 6.09 Å². The Morgan fingerprint density at radius 1 is 1.50 bits per heavy atom. The number of allylic oxidation sites excluding steroid dienone is 2. The zero-order chi connectivity index (χ0) is 12.4. The molecule has 0 radical (unpaired) electrons. The second-order valence-corrected chi connectivity index (χ2v) is 3.68. The molecule has 1 amide bonds. The predicted molar refractivity (Wildman–Crippen MR) is 67.2 cm³/mol. The van der Waals surface area contributed by atoms with Crippen molar-refractivity contribution in [2.45, 2.75) is 52.5 Å². The van der Waals surface area contributed by atoms with E-state index in [9.17, 15) is 4.79 Å². The summed E-state index contributed by atoms with van der Waals surface area (Å²) in [5, 5.41) is 2.85. The molecule has 0 aromatic heterocycles. The predicted octanol–water partition coefficient (Wildman–Crippen LogP) is 3.77. The monoisotopic (exact) mass is 225 g/mol. The highest BCUT2D eigenvalue weighted by atomic mass is 16.6. The molecular weight excluding hydrogens is 202 g/mol.